The lowest BCUT2D eigenvalue weighted by atomic mass is 9.82. The van der Waals surface area contributed by atoms with Crippen LogP contribution in [0.5, 0.6) is 11.6 Å². The Bertz CT molecular complexity index is 765. The second kappa shape index (κ2) is 5.91. The van der Waals surface area contributed by atoms with Gasteiger partial charge in [0.2, 0.25) is 5.88 Å². The zero-order valence-corrected chi connectivity index (χ0v) is 13.7. The number of pyridine rings is 1. The Labute approximate surface area is 141 Å². The molecule has 124 valence electrons. The minimum Gasteiger partial charge on any atom is -0.486 e. The number of hydrogen-bond donors (Lipinski definition) is 1. The molecule has 4 rings (SSSR count). The lowest BCUT2D eigenvalue weighted by Crippen LogP contribution is -2.49. The highest BCUT2D eigenvalue weighted by Gasteiger charge is 2.41. The van der Waals surface area contributed by atoms with Gasteiger partial charge in [0.15, 0.2) is 5.78 Å². The molecule has 1 aromatic carbocycles. The zero-order valence-electron chi connectivity index (χ0n) is 13.7. The van der Waals surface area contributed by atoms with Gasteiger partial charge in [0.25, 0.3) is 0 Å². The standard InChI is InChI=1S/C19H20N2O3/c1-23-18-5-3-14(12-21-18)13-2-4-17-15(10-13)16(22)11-19(24-17)6-8-20-9-7-19/h2-5,10,12,20H,6-9,11H2,1H3. The van der Waals surface area contributed by atoms with Crippen molar-refractivity contribution in [1.82, 2.24) is 10.3 Å². The van der Waals surface area contributed by atoms with Crippen molar-refractivity contribution in [3.63, 3.8) is 0 Å². The Kier molecular flexibility index (Phi) is 3.73. The number of nitrogens with zero attached hydrogens (tertiary/aromatic N) is 1. The van der Waals surface area contributed by atoms with E-state index in [2.05, 4.69) is 10.3 Å². The van der Waals surface area contributed by atoms with Crippen molar-refractivity contribution in [3.8, 4) is 22.8 Å². The maximum Gasteiger partial charge on any atom is 0.212 e. The van der Waals surface area contributed by atoms with Crippen LogP contribution in [0.1, 0.15) is 29.6 Å². The van der Waals surface area contributed by atoms with Crippen molar-refractivity contribution in [2.75, 3.05) is 20.2 Å². The van der Waals surface area contributed by atoms with Crippen LogP contribution in [0.25, 0.3) is 11.1 Å². The van der Waals surface area contributed by atoms with Crippen LogP contribution in [0.2, 0.25) is 0 Å². The maximum atomic E-state index is 12.7. The van der Waals surface area contributed by atoms with Gasteiger partial charge in [0.05, 0.1) is 19.1 Å². The van der Waals surface area contributed by atoms with Gasteiger partial charge in [0, 0.05) is 30.7 Å². The predicted octanol–water partition coefficient (Wildman–Crippen LogP) is 2.84. The molecule has 0 aliphatic carbocycles. The number of nitrogens with one attached hydrogen (secondary N) is 1. The van der Waals surface area contributed by atoms with Crippen LogP contribution in [0.3, 0.4) is 0 Å². The molecule has 1 aromatic heterocycles. The van der Waals surface area contributed by atoms with Gasteiger partial charge in [-0.25, -0.2) is 4.98 Å². The molecule has 0 amide bonds. The number of rotatable bonds is 2. The first kappa shape index (κ1) is 15.1. The molecule has 1 saturated heterocycles. The Hall–Kier alpha value is -2.40. The molecular weight excluding hydrogens is 304 g/mol. The van der Waals surface area contributed by atoms with Crippen LogP contribution in [0.4, 0.5) is 0 Å². The molecule has 1 spiro atoms. The molecule has 0 atom stereocenters. The van der Waals surface area contributed by atoms with Gasteiger partial charge >= 0.3 is 0 Å². The molecular formula is C19H20N2O3. The lowest BCUT2D eigenvalue weighted by Gasteiger charge is -2.41. The minimum atomic E-state index is -0.321. The maximum absolute atomic E-state index is 12.7. The summed E-state index contributed by atoms with van der Waals surface area (Å²) >= 11 is 0. The van der Waals surface area contributed by atoms with Crippen molar-refractivity contribution in [2.24, 2.45) is 0 Å². The number of ketones is 1. The minimum absolute atomic E-state index is 0.168. The average molecular weight is 324 g/mol. The number of fused-ring (bicyclic) bond motifs is 1. The van der Waals surface area contributed by atoms with Gasteiger partial charge in [-0.15, -0.1) is 0 Å². The number of piperidine rings is 1. The van der Waals surface area contributed by atoms with Crippen LogP contribution >= 0.6 is 0 Å². The number of ether oxygens (including phenoxy) is 2. The molecule has 1 N–H and O–H groups in total. The lowest BCUT2D eigenvalue weighted by molar-refractivity contribution is 0.0188. The summed E-state index contributed by atoms with van der Waals surface area (Å²) in [5.41, 5.74) is 2.27. The zero-order chi connectivity index (χ0) is 16.6. The Balaban J connectivity index is 1.66. The number of carbonyl (C=O) groups excluding carboxylic acids is 1. The fourth-order valence-corrected chi connectivity index (χ4v) is 3.51. The summed E-state index contributed by atoms with van der Waals surface area (Å²) in [6.45, 7) is 1.80. The van der Waals surface area contributed by atoms with Crippen molar-refractivity contribution >= 4 is 5.78 Å². The molecule has 0 bridgehead atoms. The second-order valence-electron chi connectivity index (χ2n) is 6.44. The van der Waals surface area contributed by atoms with Crippen LogP contribution in [0.15, 0.2) is 36.5 Å². The topological polar surface area (TPSA) is 60.5 Å². The summed E-state index contributed by atoms with van der Waals surface area (Å²) in [6, 6.07) is 9.56. The normalized spacial score (nSPS) is 18.8. The number of aromatic nitrogens is 1. The summed E-state index contributed by atoms with van der Waals surface area (Å²) in [5, 5.41) is 3.33. The van der Waals surface area contributed by atoms with E-state index >= 15 is 0 Å². The van der Waals surface area contributed by atoms with Gasteiger partial charge in [-0.05, 0) is 36.9 Å². The van der Waals surface area contributed by atoms with E-state index in [0.717, 1.165) is 37.1 Å². The molecule has 2 aliphatic heterocycles. The van der Waals surface area contributed by atoms with E-state index in [4.69, 9.17) is 9.47 Å². The molecule has 1 fully saturated rings. The number of carbonyl (C=O) groups is 1. The van der Waals surface area contributed by atoms with E-state index in [-0.39, 0.29) is 11.4 Å². The van der Waals surface area contributed by atoms with Crippen molar-refractivity contribution in [2.45, 2.75) is 24.9 Å². The van der Waals surface area contributed by atoms with Crippen LogP contribution < -0.4 is 14.8 Å². The van der Waals surface area contributed by atoms with E-state index in [1.165, 1.54) is 0 Å². The molecule has 0 saturated carbocycles. The highest BCUT2D eigenvalue weighted by atomic mass is 16.5. The van der Waals surface area contributed by atoms with Crippen molar-refractivity contribution in [3.05, 3.63) is 42.1 Å². The van der Waals surface area contributed by atoms with Crippen molar-refractivity contribution < 1.29 is 14.3 Å². The van der Waals surface area contributed by atoms with E-state index in [0.29, 0.717) is 23.6 Å². The molecule has 0 unspecified atom stereocenters. The Morgan fingerprint density at radius 1 is 1.17 bits per heavy atom. The molecule has 5 nitrogen and oxygen atoms in total. The summed E-state index contributed by atoms with van der Waals surface area (Å²) in [6.07, 6.45) is 3.97. The van der Waals surface area contributed by atoms with Gasteiger partial charge < -0.3 is 14.8 Å². The highest BCUT2D eigenvalue weighted by molar-refractivity contribution is 6.01. The highest BCUT2D eigenvalue weighted by Crippen LogP contribution is 2.39. The third-order valence-electron chi connectivity index (χ3n) is 4.88. The van der Waals surface area contributed by atoms with Gasteiger partial charge in [-0.2, -0.15) is 0 Å². The fourth-order valence-electron chi connectivity index (χ4n) is 3.51. The van der Waals surface area contributed by atoms with Crippen LogP contribution in [-0.2, 0) is 0 Å². The number of Topliss-reactive ketones (excluding diaryl/α,β-unsaturated/α-hetero) is 1. The number of hydrogen-bond acceptors (Lipinski definition) is 5. The second-order valence-corrected chi connectivity index (χ2v) is 6.44. The average Bonchev–Trinajstić information content (AvgIpc) is 2.62. The molecule has 5 heteroatoms. The third-order valence-corrected chi connectivity index (χ3v) is 4.88. The number of benzene rings is 1. The first-order valence-corrected chi connectivity index (χ1v) is 8.27. The van der Waals surface area contributed by atoms with E-state index in [1.54, 1.807) is 13.3 Å². The fraction of sp³-hybridized carbons (Fsp3) is 0.368. The molecule has 2 aromatic rings. The summed E-state index contributed by atoms with van der Waals surface area (Å²) in [4.78, 5) is 16.9. The first-order chi connectivity index (χ1) is 11.7. The van der Waals surface area contributed by atoms with Gasteiger partial charge in [-0.3, -0.25) is 4.79 Å². The van der Waals surface area contributed by atoms with Crippen molar-refractivity contribution in [1.29, 1.82) is 0 Å². The molecule has 0 radical (unpaired) electrons. The first-order valence-electron chi connectivity index (χ1n) is 8.27. The summed E-state index contributed by atoms with van der Waals surface area (Å²) in [7, 11) is 1.59. The SMILES string of the molecule is COc1ccc(-c2ccc3c(c2)C(=O)CC2(CCNCC2)O3)cn1. The smallest absolute Gasteiger partial charge is 0.212 e. The third kappa shape index (κ3) is 2.65. The number of methoxy groups -OCH3 is 1. The molecule has 2 aliphatic rings. The quantitative estimate of drug-likeness (QED) is 0.920. The Morgan fingerprint density at radius 3 is 2.67 bits per heavy atom. The largest absolute Gasteiger partial charge is 0.486 e. The monoisotopic (exact) mass is 324 g/mol. The van der Waals surface area contributed by atoms with E-state index in [9.17, 15) is 4.79 Å². The van der Waals surface area contributed by atoms with Gasteiger partial charge in [0.1, 0.15) is 11.4 Å². The molecule has 3 heterocycles. The van der Waals surface area contributed by atoms with E-state index < -0.39 is 0 Å². The summed E-state index contributed by atoms with van der Waals surface area (Å²) < 4.78 is 11.3. The van der Waals surface area contributed by atoms with E-state index in [1.807, 2.05) is 30.3 Å². The van der Waals surface area contributed by atoms with Crippen LogP contribution in [-0.4, -0.2) is 36.6 Å². The van der Waals surface area contributed by atoms with Gasteiger partial charge in [-0.1, -0.05) is 6.07 Å². The van der Waals surface area contributed by atoms with Crippen LogP contribution in [0, 0.1) is 0 Å². The predicted molar refractivity (Wildman–Crippen MR) is 90.6 cm³/mol. The molecule has 24 heavy (non-hydrogen) atoms. The summed E-state index contributed by atoms with van der Waals surface area (Å²) in [5.74, 6) is 1.45. The Morgan fingerprint density at radius 2 is 1.96 bits per heavy atom.